The number of nitrogens with zero attached hydrogens (tertiary/aromatic N) is 2. The summed E-state index contributed by atoms with van der Waals surface area (Å²) in [5.74, 6) is -0.156. The summed E-state index contributed by atoms with van der Waals surface area (Å²) in [6.45, 7) is 2.93. The molecule has 0 saturated heterocycles. The second-order valence-corrected chi connectivity index (χ2v) is 4.44. The molecule has 94 valence electrons. The lowest BCUT2D eigenvalue weighted by atomic mass is 10.2. The van der Waals surface area contributed by atoms with Crippen molar-refractivity contribution < 1.29 is 4.79 Å². The summed E-state index contributed by atoms with van der Waals surface area (Å²) >= 11 is 0. The molecule has 0 fully saturated rings. The van der Waals surface area contributed by atoms with Gasteiger partial charge in [-0.3, -0.25) is 4.79 Å². The number of anilines is 1. The fraction of sp³-hybridized carbons (Fsp3) is 0.500. The van der Waals surface area contributed by atoms with Crippen LogP contribution in [0, 0.1) is 0 Å². The third kappa shape index (κ3) is 4.82. The number of carbonyl (C=O) groups is 1. The van der Waals surface area contributed by atoms with Crippen molar-refractivity contribution in [3.05, 3.63) is 24.0 Å². The number of amides is 1. The predicted octanol–water partition coefficient (Wildman–Crippen LogP) is 0.734. The lowest BCUT2D eigenvalue weighted by Crippen LogP contribution is -2.35. The average Bonchev–Trinajstić information content (AvgIpc) is 2.27. The van der Waals surface area contributed by atoms with E-state index in [-0.39, 0.29) is 11.9 Å². The van der Waals surface area contributed by atoms with E-state index in [0.29, 0.717) is 11.4 Å². The Morgan fingerprint density at radius 3 is 2.76 bits per heavy atom. The molecule has 17 heavy (non-hydrogen) atoms. The molecule has 0 aliphatic heterocycles. The van der Waals surface area contributed by atoms with Gasteiger partial charge in [-0.1, -0.05) is 0 Å². The summed E-state index contributed by atoms with van der Waals surface area (Å²) in [5, 5.41) is 2.90. The normalized spacial score (nSPS) is 12.5. The lowest BCUT2D eigenvalue weighted by Gasteiger charge is -2.16. The van der Waals surface area contributed by atoms with Crippen LogP contribution >= 0.6 is 0 Å². The minimum Gasteiger partial charge on any atom is -0.397 e. The van der Waals surface area contributed by atoms with Crippen LogP contribution in [0.15, 0.2) is 18.3 Å². The van der Waals surface area contributed by atoms with Gasteiger partial charge in [-0.2, -0.15) is 0 Å². The predicted molar refractivity (Wildman–Crippen MR) is 68.7 cm³/mol. The zero-order valence-electron chi connectivity index (χ0n) is 10.6. The van der Waals surface area contributed by atoms with Crippen LogP contribution in [0.2, 0.25) is 0 Å². The van der Waals surface area contributed by atoms with Gasteiger partial charge in [0.2, 0.25) is 0 Å². The molecule has 5 nitrogen and oxygen atoms in total. The van der Waals surface area contributed by atoms with Gasteiger partial charge in [0.05, 0.1) is 11.9 Å². The molecular weight excluding hydrogens is 216 g/mol. The summed E-state index contributed by atoms with van der Waals surface area (Å²) in [4.78, 5) is 17.8. The molecule has 5 heteroatoms. The van der Waals surface area contributed by atoms with Crippen molar-refractivity contribution in [3.8, 4) is 0 Å². The van der Waals surface area contributed by atoms with Crippen LogP contribution in [-0.2, 0) is 0 Å². The SMILES string of the molecule is CC(CCN(C)C)NC(=O)c1ccc(N)cn1. The summed E-state index contributed by atoms with van der Waals surface area (Å²) < 4.78 is 0. The maximum absolute atomic E-state index is 11.8. The molecule has 3 N–H and O–H groups in total. The van der Waals surface area contributed by atoms with Gasteiger partial charge >= 0.3 is 0 Å². The molecule has 0 radical (unpaired) electrons. The van der Waals surface area contributed by atoms with Gasteiger partial charge < -0.3 is 16.0 Å². The standard InChI is InChI=1S/C12H20N4O/c1-9(6-7-16(2)3)15-12(17)11-5-4-10(13)8-14-11/h4-5,8-9H,6-7,13H2,1-3H3,(H,15,17). The first-order valence-corrected chi connectivity index (χ1v) is 5.66. The highest BCUT2D eigenvalue weighted by atomic mass is 16.1. The van der Waals surface area contributed by atoms with Crippen molar-refractivity contribution in [2.24, 2.45) is 0 Å². The van der Waals surface area contributed by atoms with E-state index in [4.69, 9.17) is 5.73 Å². The van der Waals surface area contributed by atoms with E-state index >= 15 is 0 Å². The van der Waals surface area contributed by atoms with Crippen molar-refractivity contribution in [2.75, 3.05) is 26.4 Å². The number of hydrogen-bond donors (Lipinski definition) is 2. The van der Waals surface area contributed by atoms with E-state index in [2.05, 4.69) is 15.2 Å². The number of aromatic nitrogens is 1. The van der Waals surface area contributed by atoms with Gasteiger partial charge in [-0.25, -0.2) is 4.98 Å². The summed E-state index contributed by atoms with van der Waals surface area (Å²) in [6.07, 6.45) is 2.40. The quantitative estimate of drug-likeness (QED) is 0.790. The van der Waals surface area contributed by atoms with Crippen LogP contribution in [0.5, 0.6) is 0 Å². The summed E-state index contributed by atoms with van der Waals surface area (Å²) in [6, 6.07) is 3.43. The van der Waals surface area contributed by atoms with E-state index in [9.17, 15) is 4.79 Å². The number of nitrogen functional groups attached to an aromatic ring is 1. The molecular formula is C12H20N4O. The maximum atomic E-state index is 11.8. The highest BCUT2D eigenvalue weighted by Crippen LogP contribution is 2.02. The molecule has 1 atom stereocenters. The van der Waals surface area contributed by atoms with E-state index in [1.54, 1.807) is 12.1 Å². The van der Waals surface area contributed by atoms with Gasteiger partial charge in [0, 0.05) is 6.04 Å². The molecule has 1 unspecified atom stereocenters. The zero-order valence-corrected chi connectivity index (χ0v) is 10.6. The fourth-order valence-electron chi connectivity index (χ4n) is 1.36. The van der Waals surface area contributed by atoms with Crippen LogP contribution in [0.25, 0.3) is 0 Å². The maximum Gasteiger partial charge on any atom is 0.270 e. The fourth-order valence-corrected chi connectivity index (χ4v) is 1.36. The molecule has 1 heterocycles. The van der Waals surface area contributed by atoms with Gasteiger partial charge in [-0.15, -0.1) is 0 Å². The highest BCUT2D eigenvalue weighted by molar-refractivity contribution is 5.92. The molecule has 0 spiro atoms. The Morgan fingerprint density at radius 2 is 2.24 bits per heavy atom. The van der Waals surface area contributed by atoms with Crippen molar-refractivity contribution in [2.45, 2.75) is 19.4 Å². The van der Waals surface area contributed by atoms with Gasteiger partial charge in [-0.05, 0) is 46.1 Å². The number of nitrogens with one attached hydrogen (secondary N) is 1. The van der Waals surface area contributed by atoms with Gasteiger partial charge in [0.25, 0.3) is 5.91 Å². The van der Waals surface area contributed by atoms with E-state index in [0.717, 1.165) is 13.0 Å². The Bertz CT molecular complexity index is 361. The monoisotopic (exact) mass is 236 g/mol. The number of hydrogen-bond acceptors (Lipinski definition) is 4. The van der Waals surface area contributed by atoms with Crippen LogP contribution < -0.4 is 11.1 Å². The smallest absolute Gasteiger partial charge is 0.270 e. The molecule has 0 aromatic carbocycles. The highest BCUT2D eigenvalue weighted by Gasteiger charge is 2.10. The zero-order chi connectivity index (χ0) is 12.8. The largest absolute Gasteiger partial charge is 0.397 e. The van der Waals surface area contributed by atoms with E-state index < -0.39 is 0 Å². The minimum atomic E-state index is -0.156. The van der Waals surface area contributed by atoms with Crippen molar-refractivity contribution >= 4 is 11.6 Å². The van der Waals surface area contributed by atoms with Crippen molar-refractivity contribution in [3.63, 3.8) is 0 Å². The number of rotatable bonds is 5. The number of carbonyl (C=O) groups excluding carboxylic acids is 1. The molecule has 1 rings (SSSR count). The number of nitrogens with two attached hydrogens (primary N) is 1. The van der Waals surface area contributed by atoms with Crippen LogP contribution in [0.3, 0.4) is 0 Å². The molecule has 0 aliphatic rings. The van der Waals surface area contributed by atoms with Crippen molar-refractivity contribution in [1.82, 2.24) is 15.2 Å². The average molecular weight is 236 g/mol. The topological polar surface area (TPSA) is 71.2 Å². The van der Waals surface area contributed by atoms with Gasteiger partial charge in [0.1, 0.15) is 5.69 Å². The summed E-state index contributed by atoms with van der Waals surface area (Å²) in [7, 11) is 4.02. The van der Waals surface area contributed by atoms with Crippen LogP contribution in [-0.4, -0.2) is 42.5 Å². The van der Waals surface area contributed by atoms with Gasteiger partial charge in [0.15, 0.2) is 0 Å². The third-order valence-electron chi connectivity index (χ3n) is 2.41. The Kier molecular flexibility index (Phi) is 4.90. The molecule has 0 aliphatic carbocycles. The second-order valence-electron chi connectivity index (χ2n) is 4.44. The lowest BCUT2D eigenvalue weighted by molar-refractivity contribution is 0.0932. The molecule has 1 aromatic heterocycles. The molecule has 0 bridgehead atoms. The summed E-state index contributed by atoms with van der Waals surface area (Å²) in [5.41, 5.74) is 6.47. The van der Waals surface area contributed by atoms with Crippen LogP contribution in [0.1, 0.15) is 23.8 Å². The van der Waals surface area contributed by atoms with Crippen molar-refractivity contribution in [1.29, 1.82) is 0 Å². The van der Waals surface area contributed by atoms with E-state index in [1.807, 2.05) is 21.0 Å². The number of pyridine rings is 1. The van der Waals surface area contributed by atoms with E-state index in [1.165, 1.54) is 6.20 Å². The first-order chi connectivity index (χ1) is 7.99. The molecule has 0 saturated carbocycles. The first-order valence-electron chi connectivity index (χ1n) is 5.66. The Morgan fingerprint density at radius 1 is 1.53 bits per heavy atom. The minimum absolute atomic E-state index is 0.129. The van der Waals surface area contributed by atoms with Crippen LogP contribution in [0.4, 0.5) is 5.69 Å². The second kappa shape index (κ2) is 6.20. The Balaban J connectivity index is 2.46. The third-order valence-corrected chi connectivity index (χ3v) is 2.41. The Labute approximate surface area is 102 Å². The molecule has 1 amide bonds. The molecule has 1 aromatic rings. The Hall–Kier alpha value is -1.62. The first kappa shape index (κ1) is 13.4.